The zero-order valence-corrected chi connectivity index (χ0v) is 13.8. The van der Waals surface area contributed by atoms with Crippen molar-refractivity contribution >= 4 is 5.91 Å². The molecule has 4 nitrogen and oxygen atoms in total. The fourth-order valence-corrected chi connectivity index (χ4v) is 3.77. The van der Waals surface area contributed by atoms with Crippen LogP contribution in [0.2, 0.25) is 0 Å². The van der Waals surface area contributed by atoms with Gasteiger partial charge in [-0.15, -0.1) is 0 Å². The van der Waals surface area contributed by atoms with Crippen LogP contribution in [0.5, 0.6) is 0 Å². The number of hydrogen-bond donors (Lipinski definition) is 2. The maximum atomic E-state index is 12.6. The molecule has 2 aliphatic rings. The lowest BCUT2D eigenvalue weighted by Crippen LogP contribution is -2.42. The molecule has 3 unspecified atom stereocenters. The first-order valence-electron chi connectivity index (χ1n) is 8.90. The average Bonchev–Trinajstić information content (AvgIpc) is 2.89. The lowest BCUT2D eigenvalue weighted by molar-refractivity contribution is -0.139. The van der Waals surface area contributed by atoms with Gasteiger partial charge in [0.2, 0.25) is 5.91 Å². The minimum absolute atomic E-state index is 0.0983. The Balaban J connectivity index is 1.63. The smallest absolute Gasteiger partial charge is 0.249 e. The number of amides is 1. The van der Waals surface area contributed by atoms with Crippen LogP contribution in [0.4, 0.5) is 0 Å². The Morgan fingerprint density at radius 2 is 2.04 bits per heavy atom. The van der Waals surface area contributed by atoms with E-state index in [1.54, 1.807) is 0 Å². The van der Waals surface area contributed by atoms with Crippen LogP contribution >= 0.6 is 0 Å². The molecule has 1 aromatic rings. The average molecular weight is 317 g/mol. The van der Waals surface area contributed by atoms with Gasteiger partial charge in [-0.1, -0.05) is 50.5 Å². The van der Waals surface area contributed by atoms with Crippen LogP contribution in [-0.4, -0.2) is 29.3 Å². The first kappa shape index (κ1) is 16.5. The fourth-order valence-electron chi connectivity index (χ4n) is 3.77. The SMILES string of the molecule is CCC(OC1CCCCC1)C(=O)NC1c2ccccc2CC1O. The molecule has 0 heterocycles. The van der Waals surface area contributed by atoms with Gasteiger partial charge in [-0.2, -0.15) is 0 Å². The second-order valence-corrected chi connectivity index (χ2v) is 6.75. The van der Waals surface area contributed by atoms with Gasteiger partial charge >= 0.3 is 0 Å². The van der Waals surface area contributed by atoms with Crippen LogP contribution in [0.25, 0.3) is 0 Å². The van der Waals surface area contributed by atoms with Crippen molar-refractivity contribution in [2.45, 2.75) is 76.2 Å². The van der Waals surface area contributed by atoms with E-state index in [4.69, 9.17) is 4.74 Å². The number of hydrogen-bond acceptors (Lipinski definition) is 3. The number of aliphatic hydroxyl groups excluding tert-OH is 1. The Kier molecular flexibility index (Phi) is 5.34. The number of benzene rings is 1. The van der Waals surface area contributed by atoms with Gasteiger partial charge < -0.3 is 15.2 Å². The van der Waals surface area contributed by atoms with E-state index in [0.717, 1.165) is 24.0 Å². The number of fused-ring (bicyclic) bond motifs is 1. The molecule has 2 aliphatic carbocycles. The molecule has 126 valence electrons. The Bertz CT molecular complexity index is 539. The van der Waals surface area contributed by atoms with Crippen molar-refractivity contribution < 1.29 is 14.6 Å². The van der Waals surface area contributed by atoms with Crippen LogP contribution in [0.15, 0.2) is 24.3 Å². The van der Waals surface area contributed by atoms with E-state index in [-0.39, 0.29) is 18.1 Å². The van der Waals surface area contributed by atoms with E-state index in [0.29, 0.717) is 12.8 Å². The molecule has 0 aliphatic heterocycles. The molecule has 1 fully saturated rings. The number of rotatable bonds is 5. The third-order valence-electron chi connectivity index (χ3n) is 5.07. The highest BCUT2D eigenvalue weighted by Gasteiger charge is 2.34. The van der Waals surface area contributed by atoms with Crippen molar-refractivity contribution in [3.63, 3.8) is 0 Å². The third kappa shape index (κ3) is 3.75. The summed E-state index contributed by atoms with van der Waals surface area (Å²) in [6.45, 7) is 1.98. The molecule has 0 aromatic heterocycles. The predicted molar refractivity (Wildman–Crippen MR) is 89.1 cm³/mol. The number of carbonyl (C=O) groups is 1. The highest BCUT2D eigenvalue weighted by molar-refractivity contribution is 5.81. The van der Waals surface area contributed by atoms with E-state index < -0.39 is 12.2 Å². The third-order valence-corrected chi connectivity index (χ3v) is 5.07. The molecular weight excluding hydrogens is 290 g/mol. The molecule has 0 bridgehead atoms. The first-order chi connectivity index (χ1) is 11.2. The molecule has 0 spiro atoms. The molecule has 1 saturated carbocycles. The van der Waals surface area contributed by atoms with Crippen LogP contribution in [0.3, 0.4) is 0 Å². The summed E-state index contributed by atoms with van der Waals surface area (Å²) >= 11 is 0. The van der Waals surface area contributed by atoms with Gasteiger partial charge in [0.05, 0.1) is 18.2 Å². The van der Waals surface area contributed by atoms with E-state index in [9.17, 15) is 9.90 Å². The topological polar surface area (TPSA) is 58.6 Å². The molecule has 0 radical (unpaired) electrons. The van der Waals surface area contributed by atoms with Crippen molar-refractivity contribution in [1.29, 1.82) is 0 Å². The highest BCUT2D eigenvalue weighted by Crippen LogP contribution is 2.31. The zero-order valence-electron chi connectivity index (χ0n) is 13.8. The summed E-state index contributed by atoms with van der Waals surface area (Å²) in [5, 5.41) is 13.3. The van der Waals surface area contributed by atoms with E-state index in [1.807, 2.05) is 31.2 Å². The summed E-state index contributed by atoms with van der Waals surface area (Å²) in [6.07, 6.45) is 6.26. The maximum absolute atomic E-state index is 12.6. The Hall–Kier alpha value is -1.39. The molecule has 23 heavy (non-hydrogen) atoms. The number of nitrogens with one attached hydrogen (secondary N) is 1. The normalized spacial score (nSPS) is 25.8. The molecule has 2 N–H and O–H groups in total. The van der Waals surface area contributed by atoms with Gasteiger partial charge in [-0.05, 0) is 30.4 Å². The second kappa shape index (κ2) is 7.45. The molecule has 3 rings (SSSR count). The molecule has 1 amide bonds. The Labute approximate surface area is 138 Å². The quantitative estimate of drug-likeness (QED) is 0.878. The minimum Gasteiger partial charge on any atom is -0.390 e. The fraction of sp³-hybridized carbons (Fsp3) is 0.632. The minimum atomic E-state index is -0.552. The van der Waals surface area contributed by atoms with Gasteiger partial charge in [-0.25, -0.2) is 0 Å². The van der Waals surface area contributed by atoms with Gasteiger partial charge in [0.25, 0.3) is 0 Å². The summed E-state index contributed by atoms with van der Waals surface area (Å²) in [7, 11) is 0. The van der Waals surface area contributed by atoms with E-state index in [2.05, 4.69) is 5.32 Å². The van der Waals surface area contributed by atoms with Crippen LogP contribution in [0, 0.1) is 0 Å². The van der Waals surface area contributed by atoms with Crippen molar-refractivity contribution in [2.24, 2.45) is 0 Å². The van der Waals surface area contributed by atoms with E-state index in [1.165, 1.54) is 19.3 Å². The molecule has 0 saturated heterocycles. The van der Waals surface area contributed by atoms with Gasteiger partial charge in [0.15, 0.2) is 0 Å². The van der Waals surface area contributed by atoms with Crippen molar-refractivity contribution in [3.8, 4) is 0 Å². The second-order valence-electron chi connectivity index (χ2n) is 6.75. The number of aliphatic hydroxyl groups is 1. The van der Waals surface area contributed by atoms with Crippen molar-refractivity contribution in [1.82, 2.24) is 5.32 Å². The van der Waals surface area contributed by atoms with Gasteiger partial charge in [0, 0.05) is 6.42 Å². The largest absolute Gasteiger partial charge is 0.390 e. The van der Waals surface area contributed by atoms with Gasteiger partial charge in [0.1, 0.15) is 6.10 Å². The van der Waals surface area contributed by atoms with Crippen molar-refractivity contribution in [3.05, 3.63) is 35.4 Å². The number of carbonyl (C=O) groups excluding carboxylic acids is 1. The molecule has 3 atom stereocenters. The summed E-state index contributed by atoms with van der Waals surface area (Å²) < 4.78 is 6.04. The summed E-state index contributed by atoms with van der Waals surface area (Å²) in [4.78, 5) is 12.6. The van der Waals surface area contributed by atoms with Crippen LogP contribution in [-0.2, 0) is 16.0 Å². The Morgan fingerprint density at radius 3 is 2.78 bits per heavy atom. The van der Waals surface area contributed by atoms with Crippen LogP contribution in [0.1, 0.15) is 62.6 Å². The summed E-state index contributed by atoms with van der Waals surface area (Å²) in [6, 6.07) is 7.60. The monoisotopic (exact) mass is 317 g/mol. The summed E-state index contributed by atoms with van der Waals surface area (Å²) in [5.41, 5.74) is 2.15. The van der Waals surface area contributed by atoms with Crippen molar-refractivity contribution in [2.75, 3.05) is 0 Å². The lowest BCUT2D eigenvalue weighted by Gasteiger charge is -2.28. The molecule has 4 heteroatoms. The zero-order chi connectivity index (χ0) is 16.2. The predicted octanol–water partition coefficient (Wildman–Crippen LogP) is 2.89. The standard InChI is InChI=1S/C19H27NO3/c1-2-17(23-14-9-4-3-5-10-14)19(22)20-18-15-11-7-6-8-13(15)12-16(18)21/h6-8,11,14,16-18,21H,2-5,9-10,12H2,1H3,(H,20,22). The van der Waals surface area contributed by atoms with E-state index >= 15 is 0 Å². The molecule has 1 aromatic carbocycles. The first-order valence-corrected chi connectivity index (χ1v) is 8.90. The lowest BCUT2D eigenvalue weighted by atomic mass is 9.97. The Morgan fingerprint density at radius 1 is 1.30 bits per heavy atom. The van der Waals surface area contributed by atoms with Gasteiger partial charge in [-0.3, -0.25) is 4.79 Å². The van der Waals surface area contributed by atoms with Crippen LogP contribution < -0.4 is 5.32 Å². The highest BCUT2D eigenvalue weighted by atomic mass is 16.5. The number of ether oxygens (including phenoxy) is 1. The maximum Gasteiger partial charge on any atom is 0.249 e. The summed E-state index contributed by atoms with van der Waals surface area (Å²) in [5.74, 6) is -0.0983. The molecular formula is C19H27NO3.